The fraction of sp³-hybridized carbons (Fsp3) is 0.444. The Labute approximate surface area is 168 Å². The molecule has 0 aliphatic heterocycles. The molecule has 0 atom stereocenters. The van der Waals surface area contributed by atoms with Crippen molar-refractivity contribution in [3.8, 4) is 5.69 Å². The van der Waals surface area contributed by atoms with E-state index < -0.39 is 9.89 Å². The van der Waals surface area contributed by atoms with Crippen LogP contribution in [0, 0.1) is 13.8 Å². The smallest absolute Gasteiger partial charge is 0.413 e. The Balaban J connectivity index is 2.67. The highest BCUT2D eigenvalue weighted by Crippen LogP contribution is 2.33. The van der Waals surface area contributed by atoms with Crippen molar-refractivity contribution in [1.82, 2.24) is 9.78 Å². The van der Waals surface area contributed by atoms with Crippen LogP contribution in [0.5, 0.6) is 0 Å². The highest BCUT2D eigenvalue weighted by Gasteiger charge is 2.32. The number of hydrogen-bond donors (Lipinski definition) is 1. The number of nitrogens with zero attached hydrogens (tertiary/aromatic N) is 3. The predicted octanol–water partition coefficient (Wildman–Crippen LogP) is 5.64. The largest absolute Gasteiger partial charge is 0.465 e. The molecule has 1 heterocycles. The number of amides is 1. The quantitative estimate of drug-likeness (QED) is 0.656. The Kier molecular flexibility index (Phi) is 5.86. The van der Waals surface area contributed by atoms with Gasteiger partial charge in [-0.2, -0.15) is 5.10 Å². The van der Waals surface area contributed by atoms with Gasteiger partial charge in [-0.25, -0.2) is 9.48 Å². The Morgan fingerprint density at radius 1 is 1.15 bits per heavy atom. The molecule has 1 aromatic heterocycles. The molecule has 0 fully saturated rings. The number of benzene rings is 1. The van der Waals surface area contributed by atoms with Gasteiger partial charge in [-0.1, -0.05) is 61.6 Å². The number of alkyl halides is 3. The van der Waals surface area contributed by atoms with E-state index in [1.165, 1.54) is 0 Å². The van der Waals surface area contributed by atoms with Crippen LogP contribution in [-0.2, 0) is 5.41 Å². The van der Waals surface area contributed by atoms with Gasteiger partial charge in [-0.15, -0.1) is 0 Å². The lowest BCUT2D eigenvalue weighted by Gasteiger charge is -2.24. The van der Waals surface area contributed by atoms with Gasteiger partial charge in [0.2, 0.25) is 3.79 Å². The maximum absolute atomic E-state index is 11.9. The number of aryl methyl sites for hydroxylation is 2. The molecule has 142 valence electrons. The maximum Gasteiger partial charge on any atom is 0.413 e. The summed E-state index contributed by atoms with van der Waals surface area (Å²) in [4.78, 5) is 12.9. The van der Waals surface area contributed by atoms with Crippen molar-refractivity contribution in [1.29, 1.82) is 0 Å². The summed E-state index contributed by atoms with van der Waals surface area (Å²) < 4.78 is -0.171. The average molecular weight is 419 g/mol. The molecule has 0 bridgehead atoms. The molecule has 2 aromatic rings. The van der Waals surface area contributed by atoms with Crippen molar-refractivity contribution in [2.24, 2.45) is 0 Å². The zero-order valence-electron chi connectivity index (χ0n) is 15.3. The van der Waals surface area contributed by atoms with E-state index in [0.717, 1.165) is 27.4 Å². The van der Waals surface area contributed by atoms with Gasteiger partial charge < -0.3 is 5.11 Å². The van der Waals surface area contributed by atoms with Crippen LogP contribution in [0.25, 0.3) is 5.69 Å². The molecule has 1 amide bonds. The van der Waals surface area contributed by atoms with Crippen LogP contribution in [-0.4, -0.2) is 31.3 Å². The minimum absolute atomic E-state index is 0.274. The summed E-state index contributed by atoms with van der Waals surface area (Å²) in [7, 11) is 0. The first kappa shape index (κ1) is 20.9. The van der Waals surface area contributed by atoms with Crippen molar-refractivity contribution >= 4 is 46.7 Å². The highest BCUT2D eigenvalue weighted by atomic mass is 35.6. The maximum atomic E-state index is 11.9. The van der Waals surface area contributed by atoms with E-state index >= 15 is 0 Å². The third-order valence-electron chi connectivity index (χ3n) is 4.04. The van der Waals surface area contributed by atoms with E-state index in [2.05, 4.69) is 5.10 Å². The van der Waals surface area contributed by atoms with Gasteiger partial charge in [-0.3, -0.25) is 4.90 Å². The zero-order chi connectivity index (χ0) is 19.9. The van der Waals surface area contributed by atoms with Gasteiger partial charge >= 0.3 is 6.09 Å². The van der Waals surface area contributed by atoms with Crippen LogP contribution in [0.15, 0.2) is 24.3 Å². The summed E-state index contributed by atoms with van der Waals surface area (Å²) >= 11 is 17.6. The SMILES string of the molecule is Cc1ccc(-n2nc(C(C)(C)C)cc2N(CC(Cl)(Cl)Cl)C(=O)O)cc1C. The molecule has 8 heteroatoms. The van der Waals surface area contributed by atoms with E-state index in [0.29, 0.717) is 5.82 Å². The first-order chi connectivity index (χ1) is 11.8. The molecule has 1 aromatic carbocycles. The molecular formula is C18H22Cl3N3O2. The van der Waals surface area contributed by atoms with Crippen molar-refractivity contribution < 1.29 is 9.90 Å². The summed E-state index contributed by atoms with van der Waals surface area (Å²) in [5.74, 6) is 0.331. The summed E-state index contributed by atoms with van der Waals surface area (Å²) in [5, 5.41) is 14.3. The molecule has 0 aliphatic rings. The summed E-state index contributed by atoms with van der Waals surface area (Å²) in [5.41, 5.74) is 3.42. The van der Waals surface area contributed by atoms with Gasteiger partial charge in [0.25, 0.3) is 0 Å². The number of anilines is 1. The van der Waals surface area contributed by atoms with Crippen molar-refractivity contribution in [2.45, 2.75) is 43.8 Å². The molecular weight excluding hydrogens is 397 g/mol. The van der Waals surface area contributed by atoms with Crippen LogP contribution in [0.3, 0.4) is 0 Å². The van der Waals surface area contributed by atoms with Gasteiger partial charge in [0.1, 0.15) is 5.82 Å². The molecule has 0 radical (unpaired) electrons. The van der Waals surface area contributed by atoms with Gasteiger partial charge in [-0.05, 0) is 37.1 Å². The fourth-order valence-electron chi connectivity index (χ4n) is 2.40. The van der Waals surface area contributed by atoms with Crippen molar-refractivity contribution in [2.75, 3.05) is 11.4 Å². The molecule has 2 rings (SSSR count). The van der Waals surface area contributed by atoms with Crippen LogP contribution in [0.2, 0.25) is 0 Å². The summed E-state index contributed by atoms with van der Waals surface area (Å²) in [6.45, 7) is 9.70. The Bertz CT molecular complexity index is 820. The van der Waals surface area contributed by atoms with E-state index in [1.54, 1.807) is 10.7 Å². The fourth-order valence-corrected chi connectivity index (χ4v) is 2.76. The number of carboxylic acid groups (broad SMARTS) is 1. The standard InChI is InChI=1S/C18H22Cl3N3O2/c1-11-6-7-13(8-12(11)2)24-15(9-14(22-24)17(3,4)5)23(16(25)26)10-18(19,20)21/h6-9H,10H2,1-5H3,(H,25,26). The van der Waals surface area contributed by atoms with E-state index in [4.69, 9.17) is 34.8 Å². The zero-order valence-corrected chi connectivity index (χ0v) is 17.6. The second kappa shape index (κ2) is 7.29. The highest BCUT2D eigenvalue weighted by molar-refractivity contribution is 6.68. The molecule has 0 aliphatic carbocycles. The van der Waals surface area contributed by atoms with Crippen molar-refractivity contribution in [3.05, 3.63) is 41.1 Å². The normalized spacial score (nSPS) is 12.3. The summed E-state index contributed by atoms with van der Waals surface area (Å²) in [6, 6.07) is 7.53. The second-order valence-electron chi connectivity index (χ2n) is 7.30. The molecule has 0 saturated carbocycles. The van der Waals surface area contributed by atoms with Crippen LogP contribution in [0.4, 0.5) is 10.6 Å². The Morgan fingerprint density at radius 2 is 1.77 bits per heavy atom. The lowest BCUT2D eigenvalue weighted by molar-refractivity contribution is 0.201. The number of aromatic nitrogens is 2. The minimum atomic E-state index is -1.75. The lowest BCUT2D eigenvalue weighted by atomic mass is 9.92. The molecule has 0 saturated heterocycles. The van der Waals surface area contributed by atoms with E-state index in [1.807, 2.05) is 52.8 Å². The average Bonchev–Trinajstić information content (AvgIpc) is 2.91. The van der Waals surface area contributed by atoms with E-state index in [9.17, 15) is 9.90 Å². The molecule has 0 unspecified atom stereocenters. The topological polar surface area (TPSA) is 58.4 Å². The molecule has 5 nitrogen and oxygen atoms in total. The first-order valence-electron chi connectivity index (χ1n) is 8.05. The van der Waals surface area contributed by atoms with E-state index in [-0.39, 0.29) is 12.0 Å². The predicted molar refractivity (Wildman–Crippen MR) is 107 cm³/mol. The molecule has 1 N–H and O–H groups in total. The van der Waals surface area contributed by atoms with Gasteiger partial charge in [0.05, 0.1) is 17.9 Å². The van der Waals surface area contributed by atoms with Gasteiger partial charge in [0.15, 0.2) is 0 Å². The van der Waals surface area contributed by atoms with Gasteiger partial charge in [0, 0.05) is 11.5 Å². The van der Waals surface area contributed by atoms with Crippen LogP contribution < -0.4 is 4.90 Å². The third-order valence-corrected chi connectivity index (χ3v) is 4.40. The molecule has 0 spiro atoms. The minimum Gasteiger partial charge on any atom is -0.465 e. The number of halogens is 3. The third kappa shape index (κ3) is 4.84. The number of carbonyl (C=O) groups is 1. The monoisotopic (exact) mass is 417 g/mol. The molecule has 26 heavy (non-hydrogen) atoms. The van der Waals surface area contributed by atoms with Crippen LogP contribution >= 0.6 is 34.8 Å². The Hall–Kier alpha value is -1.43. The summed E-state index contributed by atoms with van der Waals surface area (Å²) in [6.07, 6.45) is -1.22. The lowest BCUT2D eigenvalue weighted by Crippen LogP contribution is -2.38. The van der Waals surface area contributed by atoms with Crippen LogP contribution in [0.1, 0.15) is 37.6 Å². The Morgan fingerprint density at radius 3 is 2.23 bits per heavy atom. The van der Waals surface area contributed by atoms with Crippen molar-refractivity contribution in [3.63, 3.8) is 0 Å². The number of hydrogen-bond acceptors (Lipinski definition) is 2. The first-order valence-corrected chi connectivity index (χ1v) is 9.18. The number of rotatable bonds is 3. The second-order valence-corrected chi connectivity index (χ2v) is 9.82.